The average molecular weight is 351 g/mol. The Hall–Kier alpha value is -0.120. The lowest BCUT2D eigenvalue weighted by Crippen LogP contribution is -2.62. The fraction of sp³-hybridized carbons (Fsp3) is 1.00. The largest absolute Gasteiger partial charge is 0.393 e. The van der Waals surface area contributed by atoms with Gasteiger partial charge in [-0.15, -0.1) is 0 Å². The second kappa shape index (κ2) is 5.94. The van der Waals surface area contributed by atoms with Crippen molar-refractivity contribution >= 4 is 0 Å². The summed E-state index contributed by atoms with van der Waals surface area (Å²) in [5.74, 6) is 2.77. The van der Waals surface area contributed by atoms with E-state index in [0.717, 1.165) is 38.5 Å². The van der Waals surface area contributed by atoms with Gasteiger partial charge in [-0.05, 0) is 91.3 Å². The summed E-state index contributed by atoms with van der Waals surface area (Å²) < 4.78 is 0. The zero-order valence-electron chi connectivity index (χ0n) is 16.5. The predicted molar refractivity (Wildman–Crippen MR) is 98.8 cm³/mol. The third-order valence-corrected chi connectivity index (χ3v) is 9.64. The first-order chi connectivity index (χ1) is 11.7. The van der Waals surface area contributed by atoms with E-state index in [9.17, 15) is 15.3 Å². The van der Waals surface area contributed by atoms with Crippen LogP contribution in [0.5, 0.6) is 0 Å². The Labute approximate surface area is 153 Å². The topological polar surface area (TPSA) is 60.7 Å². The van der Waals surface area contributed by atoms with E-state index < -0.39 is 0 Å². The van der Waals surface area contributed by atoms with Gasteiger partial charge in [-0.1, -0.05) is 27.7 Å². The van der Waals surface area contributed by atoms with Crippen molar-refractivity contribution in [2.75, 3.05) is 0 Å². The maximum Gasteiger partial charge on any atom is 0.0602 e. The number of aliphatic hydroxyl groups excluding tert-OH is 3. The van der Waals surface area contributed by atoms with Gasteiger partial charge >= 0.3 is 0 Å². The molecule has 4 saturated carbocycles. The minimum atomic E-state index is -0.254. The van der Waals surface area contributed by atoms with Gasteiger partial charge in [0.05, 0.1) is 18.3 Å². The van der Waals surface area contributed by atoms with Crippen molar-refractivity contribution in [3.05, 3.63) is 0 Å². The minimum absolute atomic E-state index is 0.0340. The summed E-state index contributed by atoms with van der Waals surface area (Å²) in [5, 5.41) is 32.6. The lowest BCUT2D eigenvalue weighted by atomic mass is 9.43. The highest BCUT2D eigenvalue weighted by molar-refractivity contribution is 5.14. The molecule has 25 heavy (non-hydrogen) atoms. The molecule has 0 heterocycles. The molecule has 0 bridgehead atoms. The first-order valence-corrected chi connectivity index (χ1v) is 10.7. The van der Waals surface area contributed by atoms with Crippen molar-refractivity contribution in [3.8, 4) is 0 Å². The number of hydrogen-bond donors (Lipinski definition) is 3. The van der Waals surface area contributed by atoms with Crippen molar-refractivity contribution < 1.29 is 15.3 Å². The molecule has 0 aromatic rings. The van der Waals surface area contributed by atoms with E-state index in [0.29, 0.717) is 35.5 Å². The fourth-order valence-electron chi connectivity index (χ4n) is 8.29. The minimum Gasteiger partial charge on any atom is -0.393 e. The lowest BCUT2D eigenvalue weighted by molar-refractivity contribution is -0.206. The standard InChI is InChI=1S/C22H38O3/c1-12(2)15-5-6-16-20-17(11-19(25)22(15,16)4)21(3)8-7-14(23)9-13(21)10-18(20)24/h12-20,23-25H,5-11H2,1-4H3/t13-,14-,15-,16+,17+,18-,19+,20+,21+,22-/m1/s1. The van der Waals surface area contributed by atoms with E-state index in [1.165, 1.54) is 6.42 Å². The van der Waals surface area contributed by atoms with Gasteiger partial charge in [-0.25, -0.2) is 0 Å². The Morgan fingerprint density at radius 3 is 2.28 bits per heavy atom. The molecule has 0 spiro atoms. The number of fused-ring (bicyclic) bond motifs is 5. The van der Waals surface area contributed by atoms with Gasteiger partial charge in [0, 0.05) is 0 Å². The number of rotatable bonds is 1. The highest BCUT2D eigenvalue weighted by atomic mass is 16.3. The molecule has 4 aliphatic carbocycles. The van der Waals surface area contributed by atoms with Crippen LogP contribution >= 0.6 is 0 Å². The third-order valence-electron chi connectivity index (χ3n) is 9.64. The van der Waals surface area contributed by atoms with Gasteiger partial charge in [-0.3, -0.25) is 0 Å². The summed E-state index contributed by atoms with van der Waals surface area (Å²) in [5.41, 5.74) is 0.148. The molecule has 3 nitrogen and oxygen atoms in total. The van der Waals surface area contributed by atoms with E-state index >= 15 is 0 Å². The molecular weight excluding hydrogens is 312 g/mol. The van der Waals surface area contributed by atoms with Gasteiger partial charge in [0.2, 0.25) is 0 Å². The second-order valence-corrected chi connectivity index (χ2v) is 10.8. The fourth-order valence-corrected chi connectivity index (χ4v) is 8.29. The third kappa shape index (κ3) is 2.41. The van der Waals surface area contributed by atoms with Crippen LogP contribution in [-0.4, -0.2) is 33.6 Å². The van der Waals surface area contributed by atoms with Gasteiger partial charge in [0.1, 0.15) is 0 Å². The number of aliphatic hydroxyl groups is 3. The normalized spacial score (nSPS) is 58.6. The molecule has 0 saturated heterocycles. The van der Waals surface area contributed by atoms with Crippen molar-refractivity contribution in [2.24, 2.45) is 46.3 Å². The quantitative estimate of drug-likeness (QED) is 0.677. The summed E-state index contributed by atoms with van der Waals surface area (Å²) in [6.07, 6.45) is 6.14. The monoisotopic (exact) mass is 350 g/mol. The molecule has 0 amide bonds. The van der Waals surface area contributed by atoms with E-state index in [2.05, 4.69) is 27.7 Å². The van der Waals surface area contributed by atoms with Crippen LogP contribution in [0.25, 0.3) is 0 Å². The summed E-state index contributed by atoms with van der Waals surface area (Å²) in [4.78, 5) is 0. The van der Waals surface area contributed by atoms with E-state index in [1.54, 1.807) is 0 Å². The van der Waals surface area contributed by atoms with Gasteiger partial charge in [0.15, 0.2) is 0 Å². The van der Waals surface area contributed by atoms with Gasteiger partial charge < -0.3 is 15.3 Å². The van der Waals surface area contributed by atoms with Gasteiger partial charge in [-0.2, -0.15) is 0 Å². The Balaban J connectivity index is 1.70. The van der Waals surface area contributed by atoms with Crippen molar-refractivity contribution in [2.45, 2.75) is 91.0 Å². The van der Waals surface area contributed by atoms with Crippen LogP contribution in [-0.2, 0) is 0 Å². The summed E-state index contributed by atoms with van der Waals surface area (Å²) in [6.45, 7) is 9.32. The van der Waals surface area contributed by atoms with Crippen LogP contribution < -0.4 is 0 Å². The molecule has 0 aromatic carbocycles. The van der Waals surface area contributed by atoms with Crippen LogP contribution in [0.15, 0.2) is 0 Å². The summed E-state index contributed by atoms with van der Waals surface area (Å²) in [7, 11) is 0. The molecular formula is C22H38O3. The van der Waals surface area contributed by atoms with Crippen LogP contribution in [0, 0.1) is 46.3 Å². The molecule has 0 aliphatic heterocycles. The highest BCUT2D eigenvalue weighted by Crippen LogP contribution is 2.68. The molecule has 4 aliphatic rings. The zero-order chi connectivity index (χ0) is 18.1. The second-order valence-electron chi connectivity index (χ2n) is 10.8. The van der Waals surface area contributed by atoms with Crippen molar-refractivity contribution in [1.82, 2.24) is 0 Å². The SMILES string of the molecule is CC(C)[C@H]1CC[C@H]2[C@@H]3[C@H](O)C[C@H]4C[C@H](O)CC[C@]4(C)[C@H]3C[C@H](O)[C@]12C. The van der Waals surface area contributed by atoms with E-state index in [4.69, 9.17) is 0 Å². The Morgan fingerprint density at radius 2 is 1.60 bits per heavy atom. The van der Waals surface area contributed by atoms with E-state index in [1.807, 2.05) is 0 Å². The number of hydrogen-bond acceptors (Lipinski definition) is 3. The molecule has 3 N–H and O–H groups in total. The Bertz CT molecular complexity index is 519. The van der Waals surface area contributed by atoms with Gasteiger partial charge in [0.25, 0.3) is 0 Å². The predicted octanol–water partition coefficient (Wildman–Crippen LogP) is 3.60. The molecule has 3 heteroatoms. The Morgan fingerprint density at radius 1 is 0.880 bits per heavy atom. The van der Waals surface area contributed by atoms with E-state index in [-0.39, 0.29) is 29.1 Å². The van der Waals surface area contributed by atoms with Crippen LogP contribution in [0.3, 0.4) is 0 Å². The average Bonchev–Trinajstić information content (AvgIpc) is 2.89. The summed E-state index contributed by atoms with van der Waals surface area (Å²) >= 11 is 0. The molecule has 0 radical (unpaired) electrons. The first kappa shape index (κ1) is 18.3. The first-order valence-electron chi connectivity index (χ1n) is 10.7. The maximum absolute atomic E-state index is 11.3. The summed E-state index contributed by atoms with van der Waals surface area (Å²) in [6, 6.07) is 0. The molecule has 10 atom stereocenters. The zero-order valence-corrected chi connectivity index (χ0v) is 16.5. The molecule has 4 rings (SSSR count). The smallest absolute Gasteiger partial charge is 0.0602 e. The molecule has 0 unspecified atom stereocenters. The van der Waals surface area contributed by atoms with Crippen molar-refractivity contribution in [3.63, 3.8) is 0 Å². The lowest BCUT2D eigenvalue weighted by Gasteiger charge is -2.63. The van der Waals surface area contributed by atoms with Crippen LogP contribution in [0.1, 0.15) is 72.6 Å². The highest BCUT2D eigenvalue weighted by Gasteiger charge is 2.65. The Kier molecular flexibility index (Phi) is 4.34. The molecule has 0 aromatic heterocycles. The molecule has 144 valence electrons. The van der Waals surface area contributed by atoms with Crippen LogP contribution in [0.4, 0.5) is 0 Å². The van der Waals surface area contributed by atoms with Crippen LogP contribution in [0.2, 0.25) is 0 Å². The maximum atomic E-state index is 11.3. The van der Waals surface area contributed by atoms with Crippen molar-refractivity contribution in [1.29, 1.82) is 0 Å². The molecule has 4 fully saturated rings.